The molecular formula is C16H25N3OSSi. The fourth-order valence-corrected chi connectivity index (χ4v) is 4.12. The molecule has 0 amide bonds. The fraction of sp³-hybridized carbons (Fsp3) is 0.562. The molecule has 6 heteroatoms. The lowest BCUT2D eigenvalue weighted by Crippen LogP contribution is -2.22. The van der Waals surface area contributed by atoms with Crippen LogP contribution in [-0.2, 0) is 11.5 Å². The number of hydrogen-bond donors (Lipinski definition) is 1. The van der Waals surface area contributed by atoms with Gasteiger partial charge in [0.15, 0.2) is 0 Å². The summed E-state index contributed by atoms with van der Waals surface area (Å²) in [6.45, 7) is 9.61. The molecule has 0 aliphatic carbocycles. The minimum atomic E-state index is -1.02. The highest BCUT2D eigenvalue weighted by Gasteiger charge is 2.14. The molecule has 1 aliphatic heterocycles. The molecule has 3 rings (SSSR count). The first-order valence-corrected chi connectivity index (χ1v) is 12.7. The Kier molecular flexibility index (Phi) is 4.80. The lowest BCUT2D eigenvalue weighted by molar-refractivity contribution is 0.0898. The summed E-state index contributed by atoms with van der Waals surface area (Å²) in [5.74, 6) is 1.13. The van der Waals surface area contributed by atoms with E-state index in [1.54, 1.807) is 0 Å². The molecule has 0 bridgehead atoms. The highest BCUT2D eigenvalue weighted by Crippen LogP contribution is 2.31. The van der Waals surface area contributed by atoms with Gasteiger partial charge in [-0.05, 0) is 24.6 Å². The molecule has 2 aromatic heterocycles. The zero-order chi connectivity index (χ0) is 15.6. The largest absolute Gasteiger partial charge is 0.383 e. The second kappa shape index (κ2) is 6.64. The molecule has 0 spiro atoms. The summed E-state index contributed by atoms with van der Waals surface area (Å²) in [4.78, 5) is 4.86. The van der Waals surface area contributed by atoms with Crippen molar-refractivity contribution in [1.29, 1.82) is 0 Å². The van der Waals surface area contributed by atoms with Crippen LogP contribution in [0.4, 0.5) is 5.69 Å². The maximum absolute atomic E-state index is 5.87. The van der Waals surface area contributed by atoms with Crippen LogP contribution in [0.25, 0.3) is 11.0 Å². The summed E-state index contributed by atoms with van der Waals surface area (Å²) in [7, 11) is -1.02. The molecule has 0 saturated heterocycles. The van der Waals surface area contributed by atoms with Crippen LogP contribution in [0.5, 0.6) is 0 Å². The third kappa shape index (κ3) is 3.85. The maximum Gasteiger partial charge on any atom is 0.143 e. The smallest absolute Gasteiger partial charge is 0.143 e. The molecular weight excluding hydrogens is 310 g/mol. The number of ether oxygens (including phenoxy) is 1. The highest BCUT2D eigenvalue weighted by molar-refractivity contribution is 7.99. The van der Waals surface area contributed by atoms with E-state index in [2.05, 4.69) is 47.9 Å². The molecule has 3 heterocycles. The molecule has 0 atom stereocenters. The number of anilines is 1. The number of hydrogen-bond acceptors (Lipinski definition) is 4. The van der Waals surface area contributed by atoms with Crippen molar-refractivity contribution in [2.24, 2.45) is 0 Å². The number of rotatable bonds is 5. The third-order valence-electron chi connectivity index (χ3n) is 3.80. The number of nitrogens with zero attached hydrogens (tertiary/aromatic N) is 2. The van der Waals surface area contributed by atoms with Gasteiger partial charge in [-0.3, -0.25) is 0 Å². The van der Waals surface area contributed by atoms with Crippen LogP contribution in [0.2, 0.25) is 25.7 Å². The fourth-order valence-electron chi connectivity index (χ4n) is 2.44. The van der Waals surface area contributed by atoms with Crippen LogP contribution in [0.15, 0.2) is 23.4 Å². The monoisotopic (exact) mass is 335 g/mol. The first kappa shape index (κ1) is 15.9. The van der Waals surface area contributed by atoms with E-state index in [9.17, 15) is 0 Å². The second-order valence-electron chi connectivity index (χ2n) is 7.02. The Labute approximate surface area is 137 Å². The average Bonchev–Trinajstić information content (AvgIpc) is 2.69. The summed E-state index contributed by atoms with van der Waals surface area (Å²) in [6, 6.07) is 5.55. The Bertz CT molecular complexity index is 651. The zero-order valence-electron chi connectivity index (χ0n) is 13.7. The van der Waals surface area contributed by atoms with Crippen molar-refractivity contribution in [2.45, 2.75) is 43.9 Å². The Morgan fingerprint density at radius 3 is 3.09 bits per heavy atom. The van der Waals surface area contributed by atoms with Gasteiger partial charge >= 0.3 is 0 Å². The molecule has 120 valence electrons. The summed E-state index contributed by atoms with van der Waals surface area (Å²) in [5.41, 5.74) is 2.20. The molecule has 1 aliphatic rings. The van der Waals surface area contributed by atoms with Crippen LogP contribution in [-0.4, -0.2) is 36.5 Å². The summed E-state index contributed by atoms with van der Waals surface area (Å²) in [5, 5.41) is 5.78. The van der Waals surface area contributed by atoms with Gasteiger partial charge in [-0.2, -0.15) is 0 Å². The van der Waals surface area contributed by atoms with E-state index in [-0.39, 0.29) is 0 Å². The number of pyridine rings is 1. The van der Waals surface area contributed by atoms with Gasteiger partial charge < -0.3 is 14.6 Å². The molecule has 0 unspecified atom stereocenters. The zero-order valence-corrected chi connectivity index (χ0v) is 15.5. The maximum atomic E-state index is 5.87. The molecule has 22 heavy (non-hydrogen) atoms. The lowest BCUT2D eigenvalue weighted by atomic mass is 10.3. The summed E-state index contributed by atoms with van der Waals surface area (Å²) >= 11 is 1.85. The topological polar surface area (TPSA) is 39.1 Å². The number of nitrogens with one attached hydrogen (secondary N) is 1. The summed E-state index contributed by atoms with van der Waals surface area (Å²) in [6.07, 6.45) is 3.27. The van der Waals surface area contributed by atoms with Gasteiger partial charge in [0, 0.05) is 38.6 Å². The molecule has 0 fully saturated rings. The van der Waals surface area contributed by atoms with Crippen molar-refractivity contribution in [2.75, 3.05) is 24.2 Å². The van der Waals surface area contributed by atoms with Crippen molar-refractivity contribution in [3.05, 3.63) is 18.3 Å². The lowest BCUT2D eigenvalue weighted by Gasteiger charge is -2.15. The minimum Gasteiger partial charge on any atom is -0.383 e. The van der Waals surface area contributed by atoms with Crippen molar-refractivity contribution in [3.8, 4) is 0 Å². The predicted molar refractivity (Wildman–Crippen MR) is 97.7 cm³/mol. The first-order valence-electron chi connectivity index (χ1n) is 7.97. The van der Waals surface area contributed by atoms with Crippen molar-refractivity contribution in [3.63, 3.8) is 0 Å². The third-order valence-corrected chi connectivity index (χ3v) is 6.59. The molecule has 1 N–H and O–H groups in total. The van der Waals surface area contributed by atoms with Gasteiger partial charge in [-0.25, -0.2) is 4.98 Å². The molecule has 0 saturated carbocycles. The van der Waals surface area contributed by atoms with Crippen LogP contribution in [0.3, 0.4) is 0 Å². The van der Waals surface area contributed by atoms with E-state index < -0.39 is 8.07 Å². The van der Waals surface area contributed by atoms with E-state index in [1.807, 2.05) is 11.8 Å². The Balaban J connectivity index is 1.72. The van der Waals surface area contributed by atoms with Crippen LogP contribution >= 0.6 is 11.8 Å². The number of aromatic nitrogens is 2. The Morgan fingerprint density at radius 1 is 1.41 bits per heavy atom. The van der Waals surface area contributed by atoms with Crippen LogP contribution in [0.1, 0.15) is 6.42 Å². The van der Waals surface area contributed by atoms with E-state index in [0.29, 0.717) is 6.73 Å². The normalized spacial score (nSPS) is 15.4. The van der Waals surface area contributed by atoms with Gasteiger partial charge in [0.2, 0.25) is 0 Å². The quantitative estimate of drug-likeness (QED) is 0.655. The van der Waals surface area contributed by atoms with Crippen LogP contribution < -0.4 is 5.32 Å². The molecule has 4 nitrogen and oxygen atoms in total. The van der Waals surface area contributed by atoms with Crippen molar-refractivity contribution in [1.82, 2.24) is 9.55 Å². The SMILES string of the molecule is C[Si](C)(C)CCOCn1ccc2cc3c(nc21)SCCCN3. The van der Waals surface area contributed by atoms with Gasteiger partial charge in [-0.15, -0.1) is 11.8 Å². The van der Waals surface area contributed by atoms with E-state index in [0.717, 1.165) is 29.6 Å². The second-order valence-corrected chi connectivity index (χ2v) is 13.7. The molecule has 2 aromatic rings. The molecule has 0 aromatic carbocycles. The Hall–Kier alpha value is -0.983. The first-order chi connectivity index (χ1) is 10.5. The van der Waals surface area contributed by atoms with Gasteiger partial charge in [0.25, 0.3) is 0 Å². The van der Waals surface area contributed by atoms with Crippen molar-refractivity contribution >= 4 is 36.6 Å². The standard InChI is InChI=1S/C16H25N3OSSi/c1-22(2,3)10-8-20-12-19-7-5-13-11-14-16(18-15(13)19)21-9-4-6-17-14/h5,7,11,17H,4,6,8-10,12H2,1-3H3. The van der Waals surface area contributed by atoms with E-state index in [1.165, 1.54) is 23.5 Å². The van der Waals surface area contributed by atoms with Crippen LogP contribution in [0, 0.1) is 0 Å². The van der Waals surface area contributed by atoms with Crippen molar-refractivity contribution < 1.29 is 4.74 Å². The van der Waals surface area contributed by atoms with E-state index >= 15 is 0 Å². The number of thioether (sulfide) groups is 1. The van der Waals surface area contributed by atoms with Gasteiger partial charge in [0.05, 0.1) is 5.69 Å². The average molecular weight is 336 g/mol. The van der Waals surface area contributed by atoms with E-state index in [4.69, 9.17) is 9.72 Å². The predicted octanol–water partition coefficient (Wildman–Crippen LogP) is 4.26. The van der Waals surface area contributed by atoms with Gasteiger partial charge in [0.1, 0.15) is 17.4 Å². The summed E-state index contributed by atoms with van der Waals surface area (Å²) < 4.78 is 7.98. The highest BCUT2D eigenvalue weighted by atomic mass is 32.2. The minimum absolute atomic E-state index is 0.595. The molecule has 0 radical (unpaired) electrons. The number of fused-ring (bicyclic) bond motifs is 2. The van der Waals surface area contributed by atoms with Gasteiger partial charge in [-0.1, -0.05) is 19.6 Å². The Morgan fingerprint density at radius 2 is 2.27 bits per heavy atom.